The monoisotopic (exact) mass is 391 g/mol. The molecule has 8 heteroatoms. The van der Waals surface area contributed by atoms with Gasteiger partial charge in [0.1, 0.15) is 30.7 Å². The van der Waals surface area contributed by atoms with Crippen LogP contribution in [0.15, 0.2) is 39.1 Å². The number of nitrogens with zero attached hydrogens (tertiary/aromatic N) is 3. The predicted octanol–water partition coefficient (Wildman–Crippen LogP) is 4.72. The van der Waals surface area contributed by atoms with Gasteiger partial charge < -0.3 is 18.9 Å². The van der Waals surface area contributed by atoms with Gasteiger partial charge in [-0.05, 0) is 18.4 Å². The van der Waals surface area contributed by atoms with Gasteiger partial charge in [-0.25, -0.2) is 0 Å². The molecule has 0 amide bonds. The largest absolute Gasteiger partial charge is 0.467 e. The van der Waals surface area contributed by atoms with Crippen LogP contribution in [0.25, 0.3) is 11.1 Å². The van der Waals surface area contributed by atoms with E-state index in [1.54, 1.807) is 14.2 Å². The second-order valence-corrected chi connectivity index (χ2v) is 6.04. The molecule has 0 saturated carbocycles. The summed E-state index contributed by atoms with van der Waals surface area (Å²) >= 11 is 5.47. The molecule has 0 N–H and O–H groups in total. The third-order valence-corrected chi connectivity index (χ3v) is 4.46. The van der Waals surface area contributed by atoms with E-state index in [4.69, 9.17) is 31.2 Å². The average Bonchev–Trinajstić information content (AvgIpc) is 2.98. The molecule has 0 bridgehead atoms. The van der Waals surface area contributed by atoms with Crippen LogP contribution in [0.3, 0.4) is 0 Å². The maximum atomic E-state index is 5.62. The van der Waals surface area contributed by atoms with Crippen LogP contribution in [0.4, 0.5) is 0 Å². The Morgan fingerprint density at radius 2 is 1.78 bits per heavy atom. The zero-order valence-electron chi connectivity index (χ0n) is 16.3. The predicted molar refractivity (Wildman–Crippen MR) is 108 cm³/mol. The van der Waals surface area contributed by atoms with E-state index in [1.165, 1.54) is 11.8 Å². The molecule has 1 heterocycles. The Kier molecular flexibility index (Phi) is 7.60. The molecule has 0 aliphatic rings. The van der Waals surface area contributed by atoms with Crippen LogP contribution in [-0.4, -0.2) is 30.4 Å². The number of methoxy groups -OCH3 is 1. The van der Waals surface area contributed by atoms with Crippen LogP contribution in [0.5, 0.6) is 5.95 Å². The smallest absolute Gasteiger partial charge is 0.317 e. The van der Waals surface area contributed by atoms with Crippen LogP contribution in [0, 0.1) is 4.64 Å². The first-order chi connectivity index (χ1) is 13.1. The highest BCUT2D eigenvalue weighted by Crippen LogP contribution is 2.34. The molecule has 0 fully saturated rings. The van der Waals surface area contributed by atoms with Crippen LogP contribution in [-0.2, 0) is 23.3 Å². The van der Waals surface area contributed by atoms with Crippen LogP contribution < -0.4 is 4.74 Å². The molecule has 2 aromatic rings. The first-order valence-electron chi connectivity index (χ1n) is 8.69. The lowest BCUT2D eigenvalue weighted by Crippen LogP contribution is -2.13. The van der Waals surface area contributed by atoms with Gasteiger partial charge in [-0.3, -0.25) is 0 Å². The van der Waals surface area contributed by atoms with Crippen molar-refractivity contribution >= 4 is 23.6 Å². The summed E-state index contributed by atoms with van der Waals surface area (Å²) in [6.45, 7) is 4.27. The second kappa shape index (κ2) is 9.91. The minimum Gasteiger partial charge on any atom is -0.467 e. The lowest BCUT2D eigenvalue weighted by Gasteiger charge is -2.09. The fourth-order valence-electron chi connectivity index (χ4n) is 2.64. The van der Waals surface area contributed by atoms with E-state index >= 15 is 0 Å². The Balaban J connectivity index is 2.31. The molecule has 0 radical (unpaired) electrons. The van der Waals surface area contributed by atoms with E-state index in [0.29, 0.717) is 23.4 Å². The Hall–Kier alpha value is -2.61. The molecular formula is C19H25N3O4S. The lowest BCUT2D eigenvalue weighted by molar-refractivity contribution is 0.130. The fourth-order valence-corrected chi connectivity index (χ4v) is 2.87. The molecular weight excluding hydrogens is 366 g/mol. The van der Waals surface area contributed by atoms with Crippen molar-refractivity contribution < 1.29 is 18.9 Å². The summed E-state index contributed by atoms with van der Waals surface area (Å²) in [5.41, 5.74) is 4.06. The van der Waals surface area contributed by atoms with Crippen molar-refractivity contribution in [3.63, 3.8) is 0 Å². The first-order valence-corrected chi connectivity index (χ1v) is 9.09. The Morgan fingerprint density at radius 3 is 2.41 bits per heavy atom. The van der Waals surface area contributed by atoms with Crippen molar-refractivity contribution in [3.8, 4) is 17.1 Å². The van der Waals surface area contributed by atoms with Crippen LogP contribution >= 0.6 is 12.2 Å². The quantitative estimate of drug-likeness (QED) is 0.351. The summed E-state index contributed by atoms with van der Waals surface area (Å²) in [5.74, 6) is 0.369. The molecule has 146 valence electrons. The molecule has 1 aromatic heterocycles. The van der Waals surface area contributed by atoms with Crippen molar-refractivity contribution in [2.45, 2.75) is 33.3 Å². The van der Waals surface area contributed by atoms with Gasteiger partial charge in [-0.2, -0.15) is 4.74 Å². The van der Waals surface area contributed by atoms with Crippen molar-refractivity contribution in [1.29, 1.82) is 0 Å². The zero-order chi connectivity index (χ0) is 19.8. The van der Waals surface area contributed by atoms with E-state index in [9.17, 15) is 0 Å². The fraction of sp³-hybridized carbons (Fsp3) is 0.421. The minimum atomic E-state index is 0.274. The number of aryl methyl sites for hydroxylation is 1. The minimum absolute atomic E-state index is 0.274. The highest BCUT2D eigenvalue weighted by atomic mass is 32.1. The normalized spacial score (nSPS) is 12.2. The van der Waals surface area contributed by atoms with Crippen molar-refractivity contribution in [2.75, 3.05) is 14.2 Å². The standard InChI is InChI=1S/C19H25N3O4S/c1-6-15(20-24-5)16(7-2)21-25-12-13-10-8-9-11-14(13)17-18(27)22(3)26-19(17)23-4/h8-11H,6-7,12H2,1-5H3/b20-15+,21-16+. The van der Waals surface area contributed by atoms with Crippen molar-refractivity contribution in [2.24, 2.45) is 17.4 Å². The number of oxime groups is 2. The number of hydrogen-bond acceptors (Lipinski definition) is 7. The maximum absolute atomic E-state index is 5.62. The van der Waals surface area contributed by atoms with E-state index in [-0.39, 0.29) is 6.61 Å². The third-order valence-electron chi connectivity index (χ3n) is 4.00. The van der Waals surface area contributed by atoms with Crippen LogP contribution in [0.1, 0.15) is 32.3 Å². The summed E-state index contributed by atoms with van der Waals surface area (Å²) in [6.07, 6.45) is 1.40. The number of ether oxygens (including phenoxy) is 1. The molecule has 27 heavy (non-hydrogen) atoms. The van der Waals surface area contributed by atoms with E-state index in [2.05, 4.69) is 10.3 Å². The zero-order valence-corrected chi connectivity index (χ0v) is 17.1. The summed E-state index contributed by atoms with van der Waals surface area (Å²) in [5, 5.41) is 8.25. The number of rotatable bonds is 9. The Morgan fingerprint density at radius 1 is 1.11 bits per heavy atom. The molecule has 0 unspecified atom stereocenters. The summed E-state index contributed by atoms with van der Waals surface area (Å²) in [6, 6.07) is 7.78. The topological polar surface area (TPSA) is 70.5 Å². The Bertz CT molecular complexity index is 883. The van der Waals surface area contributed by atoms with Crippen molar-refractivity contribution in [1.82, 2.24) is 4.74 Å². The SMILES string of the molecule is CCC(=N\OC)/C(CC)=N/OCc1ccccc1-c1c(OC)on(C)c1=S. The van der Waals surface area contributed by atoms with Gasteiger partial charge in [0, 0.05) is 12.6 Å². The van der Waals surface area contributed by atoms with E-state index in [0.717, 1.165) is 28.1 Å². The molecule has 0 aliphatic heterocycles. The van der Waals surface area contributed by atoms with E-state index in [1.807, 2.05) is 38.1 Å². The molecule has 0 aliphatic carbocycles. The summed E-state index contributed by atoms with van der Waals surface area (Å²) in [7, 11) is 4.81. The summed E-state index contributed by atoms with van der Waals surface area (Å²) in [4.78, 5) is 10.5. The molecule has 0 saturated heterocycles. The van der Waals surface area contributed by atoms with Gasteiger partial charge in [0.25, 0.3) is 0 Å². The van der Waals surface area contributed by atoms with E-state index < -0.39 is 0 Å². The average molecular weight is 391 g/mol. The van der Waals surface area contributed by atoms with Crippen molar-refractivity contribution in [3.05, 3.63) is 34.5 Å². The molecule has 0 atom stereocenters. The highest BCUT2D eigenvalue weighted by Gasteiger charge is 2.18. The molecule has 7 nitrogen and oxygen atoms in total. The highest BCUT2D eigenvalue weighted by molar-refractivity contribution is 7.71. The maximum Gasteiger partial charge on any atom is 0.317 e. The van der Waals surface area contributed by atoms with Gasteiger partial charge in [0.15, 0.2) is 4.64 Å². The molecule has 1 aromatic carbocycles. The number of aromatic nitrogens is 1. The van der Waals surface area contributed by atoms with Gasteiger partial charge in [0.05, 0.1) is 7.11 Å². The molecule has 0 spiro atoms. The first kappa shape index (κ1) is 20.7. The van der Waals surface area contributed by atoms with Gasteiger partial charge >= 0.3 is 5.95 Å². The van der Waals surface area contributed by atoms with Crippen LogP contribution in [0.2, 0.25) is 0 Å². The third kappa shape index (κ3) is 4.77. The summed E-state index contributed by atoms with van der Waals surface area (Å²) < 4.78 is 12.9. The van der Waals surface area contributed by atoms with Gasteiger partial charge in [-0.1, -0.05) is 60.6 Å². The van der Waals surface area contributed by atoms with Gasteiger partial charge in [-0.15, -0.1) is 0 Å². The molecule has 2 rings (SSSR count). The second-order valence-electron chi connectivity index (χ2n) is 5.66. The lowest BCUT2D eigenvalue weighted by atomic mass is 10.0. The number of benzene rings is 1. The van der Waals surface area contributed by atoms with Gasteiger partial charge in [0.2, 0.25) is 0 Å². The Labute approximate surface area is 164 Å². The number of hydrogen-bond donors (Lipinski definition) is 0.